The van der Waals surface area contributed by atoms with E-state index in [-0.39, 0.29) is 23.7 Å². The van der Waals surface area contributed by atoms with Crippen LogP contribution in [0.4, 0.5) is 0 Å². The van der Waals surface area contributed by atoms with Gasteiger partial charge in [0.2, 0.25) is 0 Å². The quantitative estimate of drug-likeness (QED) is 0.784. The summed E-state index contributed by atoms with van der Waals surface area (Å²) in [6, 6.07) is 4.87. The van der Waals surface area contributed by atoms with Crippen LogP contribution in [-0.4, -0.2) is 41.0 Å². The molecule has 0 radical (unpaired) electrons. The highest BCUT2D eigenvalue weighted by Gasteiger charge is 2.18. The van der Waals surface area contributed by atoms with Crippen LogP contribution >= 0.6 is 11.6 Å². The van der Waals surface area contributed by atoms with Gasteiger partial charge in [-0.25, -0.2) is 4.79 Å². The number of benzene rings is 1. The Hall–Kier alpha value is -2.58. The molecule has 0 aliphatic carbocycles. The zero-order chi connectivity index (χ0) is 18.6. The summed E-state index contributed by atoms with van der Waals surface area (Å²) in [7, 11) is 2.87. The molecular weight excluding hydrogens is 352 g/mol. The van der Waals surface area contributed by atoms with Crippen molar-refractivity contribution in [2.24, 2.45) is 0 Å². The monoisotopic (exact) mass is 368 g/mol. The molecule has 0 saturated carbocycles. The fraction of sp³-hybridized carbons (Fsp3) is 0.312. The number of aliphatic carboxylic acids is 1. The first-order valence-electron chi connectivity index (χ1n) is 7.28. The van der Waals surface area contributed by atoms with Crippen LogP contribution in [0.25, 0.3) is 11.1 Å². The number of carboxylic acids is 1. The highest BCUT2D eigenvalue weighted by Crippen LogP contribution is 2.33. The Morgan fingerprint density at radius 2 is 1.96 bits per heavy atom. The molecule has 0 saturated heterocycles. The lowest BCUT2D eigenvalue weighted by atomic mass is 10.1. The number of hydrogen-bond acceptors (Lipinski definition) is 5. The SMILES string of the molecule is COCCn1c(=O)c(-c2cccc(OC)c2Cl)cn(CC(=O)O)c1=O. The molecule has 134 valence electrons. The van der Waals surface area contributed by atoms with Crippen molar-refractivity contribution in [3.05, 3.63) is 50.3 Å². The lowest BCUT2D eigenvalue weighted by Crippen LogP contribution is -2.42. The smallest absolute Gasteiger partial charge is 0.331 e. The average Bonchev–Trinajstić information content (AvgIpc) is 2.57. The van der Waals surface area contributed by atoms with Crippen molar-refractivity contribution < 1.29 is 19.4 Å². The van der Waals surface area contributed by atoms with E-state index in [0.29, 0.717) is 11.3 Å². The number of ether oxygens (including phenoxy) is 2. The van der Waals surface area contributed by atoms with E-state index in [4.69, 9.17) is 26.2 Å². The second-order valence-corrected chi connectivity index (χ2v) is 5.50. The number of methoxy groups -OCH3 is 2. The first-order valence-corrected chi connectivity index (χ1v) is 7.66. The van der Waals surface area contributed by atoms with E-state index in [1.165, 1.54) is 20.4 Å². The van der Waals surface area contributed by atoms with Crippen LogP contribution in [0.3, 0.4) is 0 Å². The molecule has 1 N–H and O–H groups in total. The van der Waals surface area contributed by atoms with Crippen LogP contribution in [0.5, 0.6) is 5.75 Å². The number of hydrogen-bond donors (Lipinski definition) is 1. The van der Waals surface area contributed by atoms with Gasteiger partial charge in [-0.2, -0.15) is 0 Å². The third kappa shape index (κ3) is 3.92. The second-order valence-electron chi connectivity index (χ2n) is 5.12. The molecule has 2 rings (SSSR count). The van der Waals surface area contributed by atoms with Crippen molar-refractivity contribution in [1.82, 2.24) is 9.13 Å². The zero-order valence-electron chi connectivity index (χ0n) is 13.7. The maximum atomic E-state index is 12.7. The van der Waals surface area contributed by atoms with Gasteiger partial charge in [0.1, 0.15) is 12.3 Å². The van der Waals surface area contributed by atoms with Gasteiger partial charge in [-0.3, -0.25) is 18.7 Å². The molecule has 9 heteroatoms. The fourth-order valence-electron chi connectivity index (χ4n) is 2.35. The van der Waals surface area contributed by atoms with Gasteiger partial charge in [-0.15, -0.1) is 0 Å². The van der Waals surface area contributed by atoms with Gasteiger partial charge in [0.15, 0.2) is 0 Å². The number of nitrogens with zero attached hydrogens (tertiary/aromatic N) is 2. The van der Waals surface area contributed by atoms with Crippen LogP contribution in [0.15, 0.2) is 34.0 Å². The largest absolute Gasteiger partial charge is 0.495 e. The molecule has 25 heavy (non-hydrogen) atoms. The summed E-state index contributed by atoms with van der Waals surface area (Å²) in [4.78, 5) is 36.1. The van der Waals surface area contributed by atoms with E-state index in [0.717, 1.165) is 9.13 Å². The van der Waals surface area contributed by atoms with Crippen molar-refractivity contribution in [1.29, 1.82) is 0 Å². The standard InChI is InChI=1S/C16H17ClN2O6/c1-24-7-6-19-15(22)11(8-18(16(19)23)9-13(20)21)10-4-3-5-12(25-2)14(10)17/h3-5,8H,6-7,9H2,1-2H3,(H,20,21). The number of halogens is 1. The van der Waals surface area contributed by atoms with E-state index >= 15 is 0 Å². The average molecular weight is 369 g/mol. The third-order valence-corrected chi connectivity index (χ3v) is 3.92. The molecule has 1 aromatic heterocycles. The molecule has 0 aliphatic heterocycles. The Labute approximate surface area is 147 Å². The summed E-state index contributed by atoms with van der Waals surface area (Å²) >= 11 is 6.27. The van der Waals surface area contributed by atoms with E-state index in [9.17, 15) is 14.4 Å². The van der Waals surface area contributed by atoms with Gasteiger partial charge < -0.3 is 14.6 Å². The number of carbonyl (C=O) groups is 1. The summed E-state index contributed by atoms with van der Waals surface area (Å²) in [5, 5.41) is 9.20. The predicted molar refractivity (Wildman–Crippen MR) is 91.5 cm³/mol. The molecule has 0 unspecified atom stereocenters. The van der Waals surface area contributed by atoms with Crippen molar-refractivity contribution in [3.63, 3.8) is 0 Å². The molecule has 2 aromatic rings. The first kappa shape index (κ1) is 18.8. The van der Waals surface area contributed by atoms with Gasteiger partial charge in [0.25, 0.3) is 5.56 Å². The summed E-state index contributed by atoms with van der Waals surface area (Å²) in [5.41, 5.74) is -0.872. The van der Waals surface area contributed by atoms with Crippen LogP contribution in [-0.2, 0) is 22.6 Å². The Kier molecular flexibility index (Phi) is 6.00. The lowest BCUT2D eigenvalue weighted by Gasteiger charge is -2.13. The highest BCUT2D eigenvalue weighted by molar-refractivity contribution is 6.34. The molecule has 0 fully saturated rings. The molecule has 0 spiro atoms. The minimum atomic E-state index is -1.21. The van der Waals surface area contributed by atoms with Crippen molar-refractivity contribution in [2.45, 2.75) is 13.1 Å². The number of aromatic nitrogens is 2. The molecule has 1 heterocycles. The van der Waals surface area contributed by atoms with Gasteiger partial charge in [0.05, 0.1) is 30.8 Å². The van der Waals surface area contributed by atoms with Gasteiger partial charge >= 0.3 is 11.7 Å². The topological polar surface area (TPSA) is 99.8 Å². The zero-order valence-corrected chi connectivity index (χ0v) is 14.4. The molecule has 8 nitrogen and oxygen atoms in total. The minimum Gasteiger partial charge on any atom is -0.495 e. The van der Waals surface area contributed by atoms with Gasteiger partial charge in [-0.1, -0.05) is 23.7 Å². The van der Waals surface area contributed by atoms with Gasteiger partial charge in [0, 0.05) is 18.9 Å². The van der Waals surface area contributed by atoms with E-state index < -0.39 is 23.8 Å². The summed E-state index contributed by atoms with van der Waals surface area (Å²) in [6.45, 7) is -0.471. The van der Waals surface area contributed by atoms with Crippen LogP contribution in [0.2, 0.25) is 5.02 Å². The van der Waals surface area contributed by atoms with E-state index in [1.54, 1.807) is 18.2 Å². The molecule has 0 atom stereocenters. The number of rotatable bonds is 7. The van der Waals surface area contributed by atoms with Crippen molar-refractivity contribution >= 4 is 17.6 Å². The summed E-state index contributed by atoms with van der Waals surface area (Å²) in [5.74, 6) is -0.847. The second kappa shape index (κ2) is 8.00. The Balaban J connectivity index is 2.75. The Morgan fingerprint density at radius 1 is 1.24 bits per heavy atom. The fourth-order valence-corrected chi connectivity index (χ4v) is 2.66. The summed E-state index contributed by atoms with van der Waals surface area (Å²) < 4.78 is 11.9. The molecular formula is C16H17ClN2O6. The highest BCUT2D eigenvalue weighted by atomic mass is 35.5. The third-order valence-electron chi connectivity index (χ3n) is 3.54. The normalized spacial score (nSPS) is 10.7. The number of carboxylic acid groups (broad SMARTS) is 1. The van der Waals surface area contributed by atoms with E-state index in [1.807, 2.05) is 0 Å². The van der Waals surface area contributed by atoms with Crippen LogP contribution in [0, 0.1) is 0 Å². The lowest BCUT2D eigenvalue weighted by molar-refractivity contribution is -0.137. The van der Waals surface area contributed by atoms with Crippen molar-refractivity contribution in [3.8, 4) is 16.9 Å². The molecule has 0 bridgehead atoms. The van der Waals surface area contributed by atoms with Crippen molar-refractivity contribution in [2.75, 3.05) is 20.8 Å². The first-order chi connectivity index (χ1) is 11.9. The molecule has 0 amide bonds. The maximum absolute atomic E-state index is 12.7. The molecule has 1 aromatic carbocycles. The van der Waals surface area contributed by atoms with Gasteiger partial charge in [-0.05, 0) is 6.07 Å². The summed E-state index contributed by atoms with van der Waals surface area (Å²) in [6.07, 6.45) is 1.20. The Bertz CT molecular complexity index is 902. The molecule has 0 aliphatic rings. The van der Waals surface area contributed by atoms with Crippen LogP contribution in [0.1, 0.15) is 0 Å². The predicted octanol–water partition coefficient (Wildman–Crippen LogP) is 1.07. The Morgan fingerprint density at radius 3 is 2.56 bits per heavy atom. The maximum Gasteiger partial charge on any atom is 0.331 e. The minimum absolute atomic E-state index is 0.0107. The van der Waals surface area contributed by atoms with Crippen LogP contribution < -0.4 is 16.0 Å². The van der Waals surface area contributed by atoms with E-state index in [2.05, 4.69) is 0 Å².